The second-order valence-corrected chi connectivity index (χ2v) is 4.22. The van der Waals surface area contributed by atoms with E-state index in [0.29, 0.717) is 11.8 Å². The molecular formula is C12H13BrF2O2. The van der Waals surface area contributed by atoms with Crippen molar-refractivity contribution in [2.24, 2.45) is 0 Å². The Morgan fingerprint density at radius 1 is 1.47 bits per heavy atom. The average Bonchev–Trinajstić information content (AvgIpc) is 2.28. The summed E-state index contributed by atoms with van der Waals surface area (Å²) in [6.07, 6.45) is 0.956. The van der Waals surface area contributed by atoms with E-state index in [1.165, 1.54) is 6.07 Å². The second kappa shape index (κ2) is 6.69. The van der Waals surface area contributed by atoms with Crippen LogP contribution < -0.4 is 4.74 Å². The molecule has 0 spiro atoms. The lowest BCUT2D eigenvalue weighted by Gasteiger charge is -2.11. The molecule has 0 aliphatic carbocycles. The van der Waals surface area contributed by atoms with Crippen molar-refractivity contribution in [2.45, 2.75) is 26.4 Å². The summed E-state index contributed by atoms with van der Waals surface area (Å²) in [5.74, 6) is -0.245. The number of rotatable bonds is 6. The quantitative estimate of drug-likeness (QED) is 0.590. The topological polar surface area (TPSA) is 26.3 Å². The van der Waals surface area contributed by atoms with Crippen molar-refractivity contribution in [1.29, 1.82) is 0 Å². The molecule has 0 fully saturated rings. The van der Waals surface area contributed by atoms with Gasteiger partial charge in [-0.15, -0.1) is 0 Å². The van der Waals surface area contributed by atoms with E-state index in [2.05, 4.69) is 20.7 Å². The molecule has 0 atom stereocenters. The Morgan fingerprint density at radius 2 is 2.18 bits per heavy atom. The van der Waals surface area contributed by atoms with Crippen LogP contribution in [0.15, 0.2) is 18.2 Å². The van der Waals surface area contributed by atoms with Crippen molar-refractivity contribution in [3.8, 4) is 5.75 Å². The summed E-state index contributed by atoms with van der Waals surface area (Å²) < 4.78 is 28.9. The maximum absolute atomic E-state index is 12.2. The van der Waals surface area contributed by atoms with Gasteiger partial charge in [-0.25, -0.2) is 0 Å². The maximum Gasteiger partial charge on any atom is 0.387 e. The first-order valence-corrected chi connectivity index (χ1v) is 6.37. The number of halogens is 3. The molecule has 0 radical (unpaired) electrons. The molecule has 0 N–H and O–H groups in total. The highest BCUT2D eigenvalue weighted by Gasteiger charge is 2.15. The van der Waals surface area contributed by atoms with Crippen LogP contribution in [-0.4, -0.2) is 17.7 Å². The summed E-state index contributed by atoms with van der Waals surface area (Å²) in [4.78, 5) is 11.7. The van der Waals surface area contributed by atoms with Crippen LogP contribution in [0.4, 0.5) is 8.78 Å². The molecule has 0 unspecified atom stereocenters. The number of ketones is 1. The zero-order valence-electron chi connectivity index (χ0n) is 9.38. The third kappa shape index (κ3) is 4.07. The van der Waals surface area contributed by atoms with Crippen molar-refractivity contribution in [1.82, 2.24) is 0 Å². The lowest BCUT2D eigenvalue weighted by Crippen LogP contribution is -2.09. The molecule has 0 bridgehead atoms. The van der Waals surface area contributed by atoms with Gasteiger partial charge in [0.05, 0.1) is 5.56 Å². The van der Waals surface area contributed by atoms with Crippen LogP contribution in [-0.2, 0) is 6.42 Å². The average molecular weight is 307 g/mol. The minimum atomic E-state index is -2.92. The van der Waals surface area contributed by atoms with Crippen LogP contribution in [0, 0.1) is 0 Å². The summed E-state index contributed by atoms with van der Waals surface area (Å²) in [6.45, 7) is -1.01. The molecule has 1 rings (SSSR count). The number of ether oxygens (including phenoxy) is 1. The fourth-order valence-corrected chi connectivity index (χ4v) is 1.79. The highest BCUT2D eigenvalue weighted by atomic mass is 79.9. The Kier molecular flexibility index (Phi) is 5.55. The van der Waals surface area contributed by atoms with Gasteiger partial charge in [0.1, 0.15) is 5.75 Å². The Hall–Kier alpha value is -0.970. The van der Waals surface area contributed by atoms with E-state index in [9.17, 15) is 13.6 Å². The maximum atomic E-state index is 12.2. The van der Waals surface area contributed by atoms with E-state index in [4.69, 9.17) is 0 Å². The first-order valence-electron chi connectivity index (χ1n) is 5.25. The van der Waals surface area contributed by atoms with E-state index in [1.807, 2.05) is 6.92 Å². The Bertz CT molecular complexity index is 394. The molecule has 0 amide bonds. The Balaban J connectivity index is 3.05. The van der Waals surface area contributed by atoms with Gasteiger partial charge in [0, 0.05) is 11.8 Å². The van der Waals surface area contributed by atoms with Crippen LogP contribution in [0.25, 0.3) is 0 Å². The normalized spacial score (nSPS) is 10.6. The highest BCUT2D eigenvalue weighted by molar-refractivity contribution is 9.09. The van der Waals surface area contributed by atoms with Crippen LogP contribution in [0.2, 0.25) is 0 Å². The van der Waals surface area contributed by atoms with Gasteiger partial charge >= 0.3 is 6.61 Å². The van der Waals surface area contributed by atoms with Gasteiger partial charge in [0.2, 0.25) is 0 Å². The summed E-state index contributed by atoms with van der Waals surface area (Å²) >= 11 is 3.14. The van der Waals surface area contributed by atoms with E-state index in [-0.39, 0.29) is 23.5 Å². The number of alkyl halides is 3. The van der Waals surface area contributed by atoms with Crippen molar-refractivity contribution >= 4 is 21.7 Å². The predicted molar refractivity (Wildman–Crippen MR) is 65.2 cm³/mol. The van der Waals surface area contributed by atoms with E-state index < -0.39 is 6.61 Å². The fourth-order valence-electron chi connectivity index (χ4n) is 1.43. The molecule has 0 saturated carbocycles. The van der Waals surface area contributed by atoms with E-state index >= 15 is 0 Å². The number of carbonyl (C=O) groups excluding carboxylic acids is 1. The summed E-state index contributed by atoms with van der Waals surface area (Å²) in [5, 5.41) is 0.496. The molecule has 0 aliphatic rings. The number of carbonyl (C=O) groups is 1. The number of benzene rings is 1. The standard InChI is InChI=1S/C12H13BrF2O2/c1-2-8-3-4-9(10(16)5-6-13)11(7-8)17-12(14)15/h3-4,7,12H,2,5-6H2,1H3. The van der Waals surface area contributed by atoms with E-state index in [1.54, 1.807) is 12.1 Å². The molecule has 5 heteroatoms. The molecule has 2 nitrogen and oxygen atoms in total. The minimum absolute atomic E-state index is 0.0368. The monoisotopic (exact) mass is 306 g/mol. The largest absolute Gasteiger partial charge is 0.434 e. The molecule has 0 saturated heterocycles. The number of hydrogen-bond donors (Lipinski definition) is 0. The van der Waals surface area contributed by atoms with Crippen molar-refractivity contribution < 1.29 is 18.3 Å². The predicted octanol–water partition coefficient (Wildman–Crippen LogP) is 3.82. The van der Waals surface area contributed by atoms with Gasteiger partial charge in [-0.2, -0.15) is 8.78 Å². The third-order valence-corrected chi connectivity index (χ3v) is 2.69. The van der Waals surface area contributed by atoms with Crippen LogP contribution in [0.1, 0.15) is 29.3 Å². The highest BCUT2D eigenvalue weighted by Crippen LogP contribution is 2.24. The molecule has 17 heavy (non-hydrogen) atoms. The van der Waals surface area contributed by atoms with Gasteiger partial charge in [-0.05, 0) is 24.1 Å². The van der Waals surface area contributed by atoms with Gasteiger partial charge in [0.15, 0.2) is 5.78 Å². The first-order chi connectivity index (χ1) is 8.08. The van der Waals surface area contributed by atoms with Gasteiger partial charge < -0.3 is 4.74 Å². The molecule has 1 aromatic rings. The molecule has 94 valence electrons. The molecule has 0 aliphatic heterocycles. The van der Waals surface area contributed by atoms with Gasteiger partial charge in [-0.3, -0.25) is 4.79 Å². The van der Waals surface area contributed by atoms with Crippen LogP contribution in [0.5, 0.6) is 5.75 Å². The lowest BCUT2D eigenvalue weighted by atomic mass is 10.0. The van der Waals surface area contributed by atoms with Gasteiger partial charge in [0.25, 0.3) is 0 Å². The third-order valence-electron chi connectivity index (χ3n) is 2.29. The summed E-state index contributed by atoms with van der Waals surface area (Å²) in [6, 6.07) is 4.79. The lowest BCUT2D eigenvalue weighted by molar-refractivity contribution is -0.0501. The zero-order valence-corrected chi connectivity index (χ0v) is 11.0. The van der Waals surface area contributed by atoms with Crippen molar-refractivity contribution in [3.05, 3.63) is 29.3 Å². The molecule has 0 heterocycles. The van der Waals surface area contributed by atoms with E-state index in [0.717, 1.165) is 5.56 Å². The second-order valence-electron chi connectivity index (χ2n) is 3.42. The van der Waals surface area contributed by atoms with Crippen LogP contribution in [0.3, 0.4) is 0 Å². The Morgan fingerprint density at radius 3 is 2.71 bits per heavy atom. The zero-order chi connectivity index (χ0) is 12.8. The molecular weight excluding hydrogens is 294 g/mol. The van der Waals surface area contributed by atoms with Gasteiger partial charge in [-0.1, -0.05) is 28.9 Å². The molecule has 0 aromatic heterocycles. The Labute approximate surface area is 107 Å². The summed E-state index contributed by atoms with van der Waals surface area (Å²) in [7, 11) is 0. The number of aryl methyl sites for hydroxylation is 1. The number of hydrogen-bond acceptors (Lipinski definition) is 2. The van der Waals surface area contributed by atoms with Crippen molar-refractivity contribution in [2.75, 3.05) is 5.33 Å². The summed E-state index contributed by atoms with van der Waals surface area (Å²) in [5.41, 5.74) is 1.07. The van der Waals surface area contributed by atoms with Crippen molar-refractivity contribution in [3.63, 3.8) is 0 Å². The first kappa shape index (κ1) is 14.1. The SMILES string of the molecule is CCc1ccc(C(=O)CCBr)c(OC(F)F)c1. The number of Topliss-reactive ketones (excluding diaryl/α,β-unsaturated/α-hetero) is 1. The molecule has 1 aromatic carbocycles. The minimum Gasteiger partial charge on any atom is -0.434 e. The smallest absolute Gasteiger partial charge is 0.387 e. The fraction of sp³-hybridized carbons (Fsp3) is 0.417. The van der Waals surface area contributed by atoms with Crippen LogP contribution >= 0.6 is 15.9 Å².